The molecule has 1 heterocycles. The van der Waals surface area contributed by atoms with Crippen molar-refractivity contribution in [2.75, 3.05) is 32.8 Å². The number of piperazine rings is 1. The number of rotatable bonds is 4. The van der Waals surface area contributed by atoms with Gasteiger partial charge >= 0.3 is 0 Å². The van der Waals surface area contributed by atoms with Crippen LogP contribution < -0.4 is 5.32 Å². The summed E-state index contributed by atoms with van der Waals surface area (Å²) in [5.41, 5.74) is 1.43. The van der Waals surface area contributed by atoms with E-state index in [-0.39, 0.29) is 12.4 Å². The van der Waals surface area contributed by atoms with Gasteiger partial charge in [0.1, 0.15) is 12.6 Å². The number of benzene rings is 1. The van der Waals surface area contributed by atoms with Gasteiger partial charge in [-0.05, 0) is 18.1 Å². The molecule has 6 heteroatoms. The molecule has 1 aromatic carbocycles. The molecule has 1 atom stereocenters. The van der Waals surface area contributed by atoms with E-state index in [0.717, 1.165) is 5.56 Å². The molecular formula is C14H21ClF2N2O. The van der Waals surface area contributed by atoms with Crippen LogP contribution in [0.15, 0.2) is 24.3 Å². The zero-order chi connectivity index (χ0) is 13.9. The molecule has 0 unspecified atom stereocenters. The third-order valence-corrected chi connectivity index (χ3v) is 3.61. The minimum Gasteiger partial charge on any atom is -0.390 e. The van der Waals surface area contributed by atoms with E-state index in [1.807, 2.05) is 19.1 Å². The fraction of sp³-hybridized carbons (Fsp3) is 0.571. The zero-order valence-electron chi connectivity index (χ0n) is 11.5. The molecule has 114 valence electrons. The van der Waals surface area contributed by atoms with Crippen LogP contribution in [-0.4, -0.2) is 48.7 Å². The van der Waals surface area contributed by atoms with E-state index in [4.69, 9.17) is 5.11 Å². The lowest BCUT2D eigenvalue weighted by Crippen LogP contribution is -2.51. The summed E-state index contributed by atoms with van der Waals surface area (Å²) in [4.78, 5) is 1.76. The quantitative estimate of drug-likeness (QED) is 0.893. The first-order chi connectivity index (χ1) is 9.06. The molecule has 0 saturated carbocycles. The third-order valence-electron chi connectivity index (χ3n) is 3.61. The molecule has 0 amide bonds. The van der Waals surface area contributed by atoms with E-state index in [1.54, 1.807) is 17.0 Å². The van der Waals surface area contributed by atoms with Crippen molar-refractivity contribution in [1.82, 2.24) is 10.2 Å². The summed E-state index contributed by atoms with van der Waals surface area (Å²) >= 11 is 0. The van der Waals surface area contributed by atoms with Crippen LogP contribution in [0.4, 0.5) is 8.78 Å². The zero-order valence-corrected chi connectivity index (χ0v) is 12.3. The molecule has 1 aliphatic heterocycles. The number of nitrogens with one attached hydrogen (secondary N) is 1. The molecule has 1 fully saturated rings. The Morgan fingerprint density at radius 1 is 1.30 bits per heavy atom. The van der Waals surface area contributed by atoms with Gasteiger partial charge in [0.25, 0.3) is 5.92 Å². The Morgan fingerprint density at radius 3 is 2.45 bits per heavy atom. The maximum atomic E-state index is 14.2. The van der Waals surface area contributed by atoms with Crippen molar-refractivity contribution in [2.24, 2.45) is 0 Å². The van der Waals surface area contributed by atoms with Crippen molar-refractivity contribution < 1.29 is 13.9 Å². The maximum absolute atomic E-state index is 14.2. The summed E-state index contributed by atoms with van der Waals surface area (Å²) in [6, 6.07) is 6.11. The second-order valence-corrected chi connectivity index (χ2v) is 4.96. The summed E-state index contributed by atoms with van der Waals surface area (Å²) in [5.74, 6) is -3.14. The Morgan fingerprint density at radius 2 is 1.90 bits per heavy atom. The molecule has 2 N–H and O–H groups in total. The fourth-order valence-electron chi connectivity index (χ4n) is 2.61. The van der Waals surface area contributed by atoms with Gasteiger partial charge < -0.3 is 10.4 Å². The van der Waals surface area contributed by atoms with Crippen LogP contribution in [0.5, 0.6) is 0 Å². The Bertz CT molecular complexity index is 425. The topological polar surface area (TPSA) is 35.5 Å². The highest BCUT2D eigenvalue weighted by molar-refractivity contribution is 5.85. The molecule has 0 spiro atoms. The summed E-state index contributed by atoms with van der Waals surface area (Å²) in [7, 11) is 0. The van der Waals surface area contributed by atoms with Gasteiger partial charge in [0.05, 0.1) is 0 Å². The minimum atomic E-state index is -3.14. The van der Waals surface area contributed by atoms with E-state index < -0.39 is 18.6 Å². The van der Waals surface area contributed by atoms with E-state index in [1.165, 1.54) is 0 Å². The molecule has 1 aromatic rings. The molecular weight excluding hydrogens is 286 g/mol. The highest BCUT2D eigenvalue weighted by Crippen LogP contribution is 2.37. The van der Waals surface area contributed by atoms with Gasteiger partial charge in [-0.2, -0.15) is 0 Å². The van der Waals surface area contributed by atoms with E-state index >= 15 is 0 Å². The second-order valence-electron chi connectivity index (χ2n) is 4.96. The molecule has 3 nitrogen and oxygen atoms in total. The van der Waals surface area contributed by atoms with Crippen LogP contribution in [0.1, 0.15) is 17.2 Å². The van der Waals surface area contributed by atoms with Crippen molar-refractivity contribution in [3.63, 3.8) is 0 Å². The van der Waals surface area contributed by atoms with Crippen LogP contribution in [0.3, 0.4) is 0 Å². The summed E-state index contributed by atoms with van der Waals surface area (Å²) in [6.45, 7) is 3.23. The van der Waals surface area contributed by atoms with Crippen LogP contribution >= 0.6 is 12.4 Å². The van der Waals surface area contributed by atoms with E-state index in [9.17, 15) is 8.78 Å². The Kier molecular flexibility index (Phi) is 6.33. The monoisotopic (exact) mass is 306 g/mol. The van der Waals surface area contributed by atoms with Gasteiger partial charge in [0.15, 0.2) is 0 Å². The van der Waals surface area contributed by atoms with Gasteiger partial charge in [0.2, 0.25) is 0 Å². The van der Waals surface area contributed by atoms with Crippen molar-refractivity contribution in [2.45, 2.75) is 18.9 Å². The largest absolute Gasteiger partial charge is 0.390 e. The van der Waals surface area contributed by atoms with Crippen molar-refractivity contribution >= 4 is 12.4 Å². The number of aryl methyl sites for hydroxylation is 1. The van der Waals surface area contributed by atoms with Crippen LogP contribution in [0, 0.1) is 6.92 Å². The number of halogens is 3. The third kappa shape index (κ3) is 3.67. The molecule has 20 heavy (non-hydrogen) atoms. The minimum absolute atomic E-state index is 0. The molecule has 2 rings (SSSR count). The van der Waals surface area contributed by atoms with Crippen molar-refractivity contribution in [3.8, 4) is 0 Å². The average molecular weight is 307 g/mol. The molecule has 0 bridgehead atoms. The van der Waals surface area contributed by atoms with Crippen LogP contribution in [0.2, 0.25) is 0 Å². The highest BCUT2D eigenvalue weighted by Gasteiger charge is 2.44. The standard InChI is InChI=1S/C14H20F2N2O.ClH/c1-11-4-2-3-5-12(11)13(14(15,16)10-19)18-8-6-17-7-9-18;/h2-5,13,17,19H,6-10H2,1H3;1H/t13-;/m0./s1. The smallest absolute Gasteiger partial charge is 0.289 e. The van der Waals surface area contributed by atoms with Crippen molar-refractivity contribution in [3.05, 3.63) is 35.4 Å². The normalized spacial score (nSPS) is 18.4. The average Bonchev–Trinajstić information content (AvgIpc) is 2.42. The maximum Gasteiger partial charge on any atom is 0.289 e. The fourth-order valence-corrected chi connectivity index (χ4v) is 2.61. The predicted molar refractivity (Wildman–Crippen MR) is 77.6 cm³/mol. The Labute approximate surface area is 124 Å². The predicted octanol–water partition coefficient (Wildman–Crippen LogP) is 1.99. The van der Waals surface area contributed by atoms with Crippen LogP contribution in [-0.2, 0) is 0 Å². The lowest BCUT2D eigenvalue weighted by Gasteiger charge is -2.39. The SMILES string of the molecule is Cc1ccccc1[C@H](N1CCNCC1)C(F)(F)CO.Cl. The summed E-state index contributed by atoms with van der Waals surface area (Å²) < 4.78 is 28.3. The number of aliphatic hydroxyl groups excluding tert-OH is 1. The molecule has 1 saturated heterocycles. The van der Waals surface area contributed by atoms with Gasteiger partial charge in [-0.3, -0.25) is 4.90 Å². The number of hydrogen-bond donors (Lipinski definition) is 2. The van der Waals surface area contributed by atoms with Crippen molar-refractivity contribution in [1.29, 1.82) is 0 Å². The number of alkyl halides is 2. The molecule has 0 aromatic heterocycles. The highest BCUT2D eigenvalue weighted by atomic mass is 35.5. The second kappa shape index (κ2) is 7.31. The van der Waals surface area contributed by atoms with E-state index in [2.05, 4.69) is 5.32 Å². The Hall–Kier alpha value is -0.750. The molecule has 1 aliphatic rings. The number of aliphatic hydroxyl groups is 1. The summed E-state index contributed by atoms with van der Waals surface area (Å²) in [6.07, 6.45) is 0. The van der Waals surface area contributed by atoms with E-state index in [0.29, 0.717) is 31.7 Å². The lowest BCUT2D eigenvalue weighted by molar-refractivity contribution is -0.118. The lowest BCUT2D eigenvalue weighted by atomic mass is 9.94. The number of nitrogens with zero attached hydrogens (tertiary/aromatic N) is 1. The van der Waals surface area contributed by atoms with Gasteiger partial charge in [0, 0.05) is 26.2 Å². The first kappa shape index (κ1) is 17.3. The van der Waals surface area contributed by atoms with Gasteiger partial charge in [-0.25, -0.2) is 8.78 Å². The Balaban J connectivity index is 0.00000200. The first-order valence-corrected chi connectivity index (χ1v) is 6.55. The summed E-state index contributed by atoms with van der Waals surface area (Å²) in [5, 5.41) is 12.2. The molecule has 0 aliphatic carbocycles. The molecule has 0 radical (unpaired) electrons. The van der Waals surface area contributed by atoms with Gasteiger partial charge in [-0.1, -0.05) is 24.3 Å². The van der Waals surface area contributed by atoms with Crippen LogP contribution in [0.25, 0.3) is 0 Å². The number of hydrogen-bond acceptors (Lipinski definition) is 3. The van der Waals surface area contributed by atoms with Gasteiger partial charge in [-0.15, -0.1) is 12.4 Å². The first-order valence-electron chi connectivity index (χ1n) is 6.55.